The van der Waals surface area contributed by atoms with Gasteiger partial charge in [0.2, 0.25) is 0 Å². The molecule has 1 nitrogen and oxygen atoms in total. The second-order valence-corrected chi connectivity index (χ2v) is 3.88. The maximum atomic E-state index is 5.31. The second-order valence-electron chi connectivity index (χ2n) is 3.88. The van der Waals surface area contributed by atoms with E-state index < -0.39 is 0 Å². The summed E-state index contributed by atoms with van der Waals surface area (Å²) in [6, 6.07) is 0. The first-order valence-corrected chi connectivity index (χ1v) is 3.86. The maximum absolute atomic E-state index is 5.31. The zero-order valence-electron chi connectivity index (χ0n) is 6.18. The van der Waals surface area contributed by atoms with Crippen molar-refractivity contribution in [2.24, 2.45) is 11.8 Å². The third kappa shape index (κ3) is 0.787. The molecule has 1 spiro atoms. The highest BCUT2D eigenvalue weighted by Gasteiger charge is 2.55. The van der Waals surface area contributed by atoms with Gasteiger partial charge in [0.15, 0.2) is 0 Å². The van der Waals surface area contributed by atoms with E-state index in [1.54, 1.807) is 0 Å². The van der Waals surface area contributed by atoms with Gasteiger partial charge in [-0.05, 0) is 24.7 Å². The Hall–Kier alpha value is -0.0400. The summed E-state index contributed by atoms with van der Waals surface area (Å²) in [7, 11) is 0. The lowest BCUT2D eigenvalue weighted by molar-refractivity contribution is 0.0918. The van der Waals surface area contributed by atoms with E-state index in [0.717, 1.165) is 18.4 Å². The fourth-order valence-electron chi connectivity index (χ4n) is 1.71. The minimum Gasteiger partial charge on any atom is -0.370 e. The molecule has 0 amide bonds. The fourth-order valence-corrected chi connectivity index (χ4v) is 1.71. The zero-order valence-corrected chi connectivity index (χ0v) is 6.18. The molecule has 2 aliphatic rings. The normalized spacial score (nSPS) is 47.7. The average molecular weight is 126 g/mol. The van der Waals surface area contributed by atoms with E-state index in [4.69, 9.17) is 4.74 Å². The molecular formula is C8H14O. The molecule has 1 heterocycles. The third-order valence-electron chi connectivity index (χ3n) is 2.76. The average Bonchev–Trinajstić information content (AvgIpc) is 2.35. The Labute approximate surface area is 56.4 Å². The highest BCUT2D eigenvalue weighted by Crippen LogP contribution is 2.52. The van der Waals surface area contributed by atoms with E-state index >= 15 is 0 Å². The molecule has 1 aliphatic carbocycles. The first-order chi connectivity index (χ1) is 4.22. The van der Waals surface area contributed by atoms with Crippen molar-refractivity contribution in [2.45, 2.75) is 32.3 Å². The van der Waals surface area contributed by atoms with Crippen LogP contribution in [0.1, 0.15) is 26.7 Å². The standard InChI is InChI=1S/C8H14O/c1-6(2)7-3-8(4-7)5-9-8/h6-7H,3-5H2,1-2H3. The SMILES string of the molecule is CC(C)C1CC2(CO2)C1. The van der Waals surface area contributed by atoms with Crippen molar-refractivity contribution in [3.8, 4) is 0 Å². The molecule has 0 radical (unpaired) electrons. The number of ether oxygens (including phenoxy) is 1. The van der Waals surface area contributed by atoms with Crippen molar-refractivity contribution < 1.29 is 4.74 Å². The smallest absolute Gasteiger partial charge is 0.0922 e. The molecule has 52 valence electrons. The van der Waals surface area contributed by atoms with Crippen LogP contribution in [0, 0.1) is 11.8 Å². The van der Waals surface area contributed by atoms with Gasteiger partial charge in [-0.3, -0.25) is 0 Å². The van der Waals surface area contributed by atoms with Crippen LogP contribution >= 0.6 is 0 Å². The summed E-state index contributed by atoms with van der Waals surface area (Å²) in [5.74, 6) is 1.84. The lowest BCUT2D eigenvalue weighted by Gasteiger charge is -2.35. The molecule has 1 heteroatoms. The Kier molecular flexibility index (Phi) is 0.963. The lowest BCUT2D eigenvalue weighted by Crippen LogP contribution is -2.35. The molecule has 2 rings (SSSR count). The van der Waals surface area contributed by atoms with Crippen LogP contribution in [0.4, 0.5) is 0 Å². The van der Waals surface area contributed by atoms with Gasteiger partial charge in [-0.1, -0.05) is 13.8 Å². The van der Waals surface area contributed by atoms with Crippen molar-refractivity contribution in [1.82, 2.24) is 0 Å². The lowest BCUT2D eigenvalue weighted by atomic mass is 9.69. The van der Waals surface area contributed by atoms with E-state index in [9.17, 15) is 0 Å². The Morgan fingerprint density at radius 2 is 2.00 bits per heavy atom. The van der Waals surface area contributed by atoms with Crippen LogP contribution in [0.2, 0.25) is 0 Å². The fraction of sp³-hybridized carbons (Fsp3) is 1.00. The van der Waals surface area contributed by atoms with Gasteiger partial charge in [0, 0.05) is 0 Å². The molecule has 1 saturated heterocycles. The predicted molar refractivity (Wildman–Crippen MR) is 36.2 cm³/mol. The number of hydrogen-bond acceptors (Lipinski definition) is 1. The molecule has 0 atom stereocenters. The van der Waals surface area contributed by atoms with E-state index in [1.165, 1.54) is 12.8 Å². The number of epoxide rings is 1. The number of rotatable bonds is 1. The quantitative estimate of drug-likeness (QED) is 0.488. The first kappa shape index (κ1) is 5.72. The summed E-state index contributed by atoms with van der Waals surface area (Å²) in [5, 5.41) is 0. The Morgan fingerprint density at radius 1 is 1.44 bits per heavy atom. The molecule has 2 fully saturated rings. The van der Waals surface area contributed by atoms with Crippen molar-refractivity contribution in [3.63, 3.8) is 0 Å². The second kappa shape index (κ2) is 1.51. The van der Waals surface area contributed by atoms with Crippen LogP contribution in [0.5, 0.6) is 0 Å². The minimum atomic E-state index is 0.426. The molecule has 0 unspecified atom stereocenters. The number of hydrogen-bond donors (Lipinski definition) is 0. The summed E-state index contributed by atoms with van der Waals surface area (Å²) in [6.45, 7) is 5.66. The van der Waals surface area contributed by atoms with E-state index in [0.29, 0.717) is 5.60 Å². The largest absolute Gasteiger partial charge is 0.370 e. The van der Waals surface area contributed by atoms with Gasteiger partial charge >= 0.3 is 0 Å². The molecule has 1 aliphatic heterocycles. The van der Waals surface area contributed by atoms with Crippen molar-refractivity contribution in [3.05, 3.63) is 0 Å². The van der Waals surface area contributed by atoms with E-state index in [2.05, 4.69) is 13.8 Å². The molecule has 1 saturated carbocycles. The van der Waals surface area contributed by atoms with Crippen LogP contribution in [-0.4, -0.2) is 12.2 Å². The molecule has 0 aromatic rings. The van der Waals surface area contributed by atoms with Gasteiger partial charge in [0.1, 0.15) is 0 Å². The summed E-state index contributed by atoms with van der Waals surface area (Å²) in [4.78, 5) is 0. The Morgan fingerprint density at radius 3 is 2.33 bits per heavy atom. The molecule has 0 aromatic carbocycles. The van der Waals surface area contributed by atoms with Crippen LogP contribution < -0.4 is 0 Å². The van der Waals surface area contributed by atoms with Gasteiger partial charge in [-0.25, -0.2) is 0 Å². The van der Waals surface area contributed by atoms with Crippen molar-refractivity contribution >= 4 is 0 Å². The molecule has 0 N–H and O–H groups in total. The minimum absolute atomic E-state index is 0.426. The van der Waals surface area contributed by atoms with Crippen LogP contribution in [0.25, 0.3) is 0 Å². The maximum Gasteiger partial charge on any atom is 0.0922 e. The molecular weight excluding hydrogens is 112 g/mol. The summed E-state index contributed by atoms with van der Waals surface area (Å²) < 4.78 is 5.31. The summed E-state index contributed by atoms with van der Waals surface area (Å²) in [5.41, 5.74) is 0.426. The van der Waals surface area contributed by atoms with Gasteiger partial charge < -0.3 is 4.74 Å². The molecule has 0 bridgehead atoms. The van der Waals surface area contributed by atoms with Gasteiger partial charge in [0.25, 0.3) is 0 Å². The van der Waals surface area contributed by atoms with Crippen LogP contribution in [-0.2, 0) is 4.74 Å². The van der Waals surface area contributed by atoms with Gasteiger partial charge in [-0.2, -0.15) is 0 Å². The molecule has 9 heavy (non-hydrogen) atoms. The Balaban J connectivity index is 1.83. The monoisotopic (exact) mass is 126 g/mol. The summed E-state index contributed by atoms with van der Waals surface area (Å²) >= 11 is 0. The van der Waals surface area contributed by atoms with Gasteiger partial charge in [-0.15, -0.1) is 0 Å². The van der Waals surface area contributed by atoms with Gasteiger partial charge in [0.05, 0.1) is 12.2 Å². The highest BCUT2D eigenvalue weighted by molar-refractivity contribution is 5.04. The molecule has 0 aromatic heterocycles. The predicted octanol–water partition coefficient (Wildman–Crippen LogP) is 1.82. The van der Waals surface area contributed by atoms with E-state index in [1.807, 2.05) is 0 Å². The first-order valence-electron chi connectivity index (χ1n) is 3.86. The summed E-state index contributed by atoms with van der Waals surface area (Å²) in [6.07, 6.45) is 2.68. The van der Waals surface area contributed by atoms with Crippen LogP contribution in [0.3, 0.4) is 0 Å². The van der Waals surface area contributed by atoms with Crippen molar-refractivity contribution in [1.29, 1.82) is 0 Å². The zero-order chi connectivity index (χ0) is 6.48. The highest BCUT2D eigenvalue weighted by atomic mass is 16.6. The third-order valence-corrected chi connectivity index (χ3v) is 2.76. The van der Waals surface area contributed by atoms with Crippen molar-refractivity contribution in [2.75, 3.05) is 6.61 Å². The Bertz CT molecular complexity index is 117. The van der Waals surface area contributed by atoms with E-state index in [-0.39, 0.29) is 0 Å². The van der Waals surface area contributed by atoms with Crippen LogP contribution in [0.15, 0.2) is 0 Å². The topological polar surface area (TPSA) is 12.5 Å².